The summed E-state index contributed by atoms with van der Waals surface area (Å²) in [6, 6.07) is 0.275. The topological polar surface area (TPSA) is 47.7 Å². The van der Waals surface area contributed by atoms with Crippen LogP contribution in [0.15, 0.2) is 4.47 Å². The van der Waals surface area contributed by atoms with Crippen molar-refractivity contribution in [2.45, 2.75) is 39.7 Å². The molecule has 1 aliphatic rings. The number of nitrogens with zero attached hydrogens (tertiary/aromatic N) is 4. The molecule has 108 valence electrons. The number of hydrogen-bond donors (Lipinski definition) is 1. The standard InChI is InChI=1S/C14H20BrN5/c1-5-10-13(15)14-16-7-6-11(20(14)18-10)12-8(2)17-19(4)9(12)3/h11,16H,5-7H2,1-4H3. The Kier molecular flexibility index (Phi) is 3.36. The Morgan fingerprint density at radius 2 is 2.10 bits per heavy atom. The van der Waals surface area contributed by atoms with E-state index in [1.807, 2.05) is 11.7 Å². The maximum Gasteiger partial charge on any atom is 0.139 e. The summed E-state index contributed by atoms with van der Waals surface area (Å²) in [5.41, 5.74) is 4.75. The van der Waals surface area contributed by atoms with Gasteiger partial charge in [0.25, 0.3) is 0 Å². The van der Waals surface area contributed by atoms with Crippen LogP contribution in [0.25, 0.3) is 0 Å². The van der Waals surface area contributed by atoms with Crippen molar-refractivity contribution >= 4 is 21.7 Å². The molecule has 3 rings (SSSR count). The minimum Gasteiger partial charge on any atom is -0.369 e. The van der Waals surface area contributed by atoms with Crippen molar-refractivity contribution in [3.63, 3.8) is 0 Å². The molecule has 0 aromatic carbocycles. The number of aryl methyl sites for hydroxylation is 3. The third kappa shape index (κ3) is 1.89. The molecule has 0 saturated carbocycles. The summed E-state index contributed by atoms with van der Waals surface area (Å²) in [5.74, 6) is 1.10. The van der Waals surface area contributed by atoms with Crippen LogP contribution in [0.2, 0.25) is 0 Å². The fraction of sp³-hybridized carbons (Fsp3) is 0.571. The SMILES string of the molecule is CCc1nn2c(c1Br)NCCC2c1c(C)nn(C)c1C. The molecule has 0 amide bonds. The Hall–Kier alpha value is -1.30. The number of fused-ring (bicyclic) bond motifs is 1. The highest BCUT2D eigenvalue weighted by Gasteiger charge is 2.29. The van der Waals surface area contributed by atoms with Crippen LogP contribution in [-0.4, -0.2) is 26.1 Å². The van der Waals surface area contributed by atoms with Gasteiger partial charge in [0.15, 0.2) is 0 Å². The van der Waals surface area contributed by atoms with Crippen molar-refractivity contribution in [2.75, 3.05) is 11.9 Å². The van der Waals surface area contributed by atoms with Gasteiger partial charge in [-0.15, -0.1) is 0 Å². The average Bonchev–Trinajstić information content (AvgIpc) is 2.88. The number of hydrogen-bond acceptors (Lipinski definition) is 3. The van der Waals surface area contributed by atoms with Crippen LogP contribution in [0.3, 0.4) is 0 Å². The van der Waals surface area contributed by atoms with Crippen molar-refractivity contribution in [3.8, 4) is 0 Å². The lowest BCUT2D eigenvalue weighted by molar-refractivity contribution is 0.474. The molecule has 0 fully saturated rings. The molecule has 0 bridgehead atoms. The molecule has 5 nitrogen and oxygen atoms in total. The summed E-state index contributed by atoms with van der Waals surface area (Å²) < 4.78 is 5.19. The normalized spacial score (nSPS) is 17.9. The summed E-state index contributed by atoms with van der Waals surface area (Å²) in [7, 11) is 2.00. The first kappa shape index (κ1) is 13.7. The summed E-state index contributed by atoms with van der Waals surface area (Å²) >= 11 is 3.67. The number of rotatable bonds is 2. The lowest BCUT2D eigenvalue weighted by atomic mass is 10.0. The molecule has 0 radical (unpaired) electrons. The van der Waals surface area contributed by atoms with Crippen molar-refractivity contribution in [1.82, 2.24) is 19.6 Å². The maximum absolute atomic E-state index is 4.79. The van der Waals surface area contributed by atoms with E-state index in [-0.39, 0.29) is 6.04 Å². The maximum atomic E-state index is 4.79. The zero-order valence-corrected chi connectivity index (χ0v) is 14.0. The third-order valence-electron chi connectivity index (χ3n) is 4.16. The molecule has 0 aliphatic carbocycles. The van der Waals surface area contributed by atoms with Gasteiger partial charge in [-0.05, 0) is 42.6 Å². The van der Waals surface area contributed by atoms with Crippen molar-refractivity contribution in [3.05, 3.63) is 27.1 Å². The minimum absolute atomic E-state index is 0.275. The largest absolute Gasteiger partial charge is 0.369 e. The van der Waals surface area contributed by atoms with E-state index in [9.17, 15) is 0 Å². The fourth-order valence-electron chi connectivity index (χ4n) is 3.06. The quantitative estimate of drug-likeness (QED) is 0.916. The van der Waals surface area contributed by atoms with E-state index in [0.29, 0.717) is 0 Å². The van der Waals surface area contributed by atoms with Crippen LogP contribution >= 0.6 is 15.9 Å². The fourth-order valence-corrected chi connectivity index (χ4v) is 3.74. The molecular weight excluding hydrogens is 318 g/mol. The predicted molar refractivity (Wildman–Crippen MR) is 83.2 cm³/mol. The van der Waals surface area contributed by atoms with E-state index in [4.69, 9.17) is 5.10 Å². The van der Waals surface area contributed by atoms with Gasteiger partial charge in [-0.25, -0.2) is 4.68 Å². The molecule has 0 spiro atoms. The second-order valence-electron chi connectivity index (χ2n) is 5.35. The highest BCUT2D eigenvalue weighted by Crippen LogP contribution is 2.37. The molecular formula is C14H20BrN5. The summed E-state index contributed by atoms with van der Waals surface area (Å²) in [6.07, 6.45) is 1.97. The van der Waals surface area contributed by atoms with Crippen LogP contribution in [0.4, 0.5) is 5.82 Å². The Morgan fingerprint density at radius 3 is 2.70 bits per heavy atom. The van der Waals surface area contributed by atoms with Gasteiger partial charge in [0.2, 0.25) is 0 Å². The number of halogens is 1. The summed E-state index contributed by atoms with van der Waals surface area (Å²) in [5, 5.41) is 12.8. The van der Waals surface area contributed by atoms with Gasteiger partial charge in [-0.3, -0.25) is 4.68 Å². The van der Waals surface area contributed by atoms with Crippen LogP contribution in [0.5, 0.6) is 0 Å². The van der Waals surface area contributed by atoms with E-state index >= 15 is 0 Å². The third-order valence-corrected chi connectivity index (χ3v) is 4.99. The van der Waals surface area contributed by atoms with E-state index < -0.39 is 0 Å². The highest BCUT2D eigenvalue weighted by molar-refractivity contribution is 9.10. The van der Waals surface area contributed by atoms with Gasteiger partial charge in [0.05, 0.1) is 21.9 Å². The van der Waals surface area contributed by atoms with Crippen molar-refractivity contribution in [2.24, 2.45) is 7.05 Å². The first-order valence-corrected chi connectivity index (χ1v) is 7.84. The predicted octanol–water partition coefficient (Wildman–Crippen LogP) is 2.96. The van der Waals surface area contributed by atoms with E-state index in [1.165, 1.54) is 11.3 Å². The van der Waals surface area contributed by atoms with Crippen LogP contribution < -0.4 is 5.32 Å². The Morgan fingerprint density at radius 1 is 1.35 bits per heavy atom. The van der Waals surface area contributed by atoms with Gasteiger partial charge in [0, 0.05) is 24.8 Å². The van der Waals surface area contributed by atoms with E-state index in [0.717, 1.165) is 41.1 Å². The first-order chi connectivity index (χ1) is 9.54. The average molecular weight is 338 g/mol. The molecule has 6 heteroatoms. The summed E-state index contributed by atoms with van der Waals surface area (Å²) in [6.45, 7) is 7.32. The Labute approximate surface area is 127 Å². The lowest BCUT2D eigenvalue weighted by Crippen LogP contribution is -2.25. The zero-order valence-electron chi connectivity index (χ0n) is 12.4. The lowest BCUT2D eigenvalue weighted by Gasteiger charge is -2.26. The number of anilines is 1. The van der Waals surface area contributed by atoms with Crippen molar-refractivity contribution in [1.29, 1.82) is 0 Å². The minimum atomic E-state index is 0.275. The van der Waals surface area contributed by atoms with E-state index in [1.54, 1.807) is 0 Å². The first-order valence-electron chi connectivity index (χ1n) is 7.05. The zero-order chi connectivity index (χ0) is 14.4. The molecule has 1 unspecified atom stereocenters. The molecule has 0 saturated heterocycles. The van der Waals surface area contributed by atoms with Gasteiger partial charge in [-0.2, -0.15) is 10.2 Å². The van der Waals surface area contributed by atoms with Gasteiger partial charge < -0.3 is 5.32 Å². The van der Waals surface area contributed by atoms with Gasteiger partial charge in [0.1, 0.15) is 5.82 Å². The molecule has 1 atom stereocenters. The molecule has 2 aromatic rings. The second-order valence-corrected chi connectivity index (χ2v) is 6.14. The molecule has 1 N–H and O–H groups in total. The second kappa shape index (κ2) is 4.91. The van der Waals surface area contributed by atoms with Crippen LogP contribution in [-0.2, 0) is 13.5 Å². The molecule has 20 heavy (non-hydrogen) atoms. The smallest absolute Gasteiger partial charge is 0.139 e. The molecule has 1 aliphatic heterocycles. The summed E-state index contributed by atoms with van der Waals surface area (Å²) in [4.78, 5) is 0. The molecule has 2 aromatic heterocycles. The van der Waals surface area contributed by atoms with E-state index in [2.05, 4.69) is 51.8 Å². The van der Waals surface area contributed by atoms with Crippen LogP contribution in [0, 0.1) is 13.8 Å². The van der Waals surface area contributed by atoms with Crippen molar-refractivity contribution < 1.29 is 0 Å². The molecule has 3 heterocycles. The number of aromatic nitrogens is 4. The van der Waals surface area contributed by atoms with Gasteiger partial charge in [-0.1, -0.05) is 6.92 Å². The van der Waals surface area contributed by atoms with Gasteiger partial charge >= 0.3 is 0 Å². The highest BCUT2D eigenvalue weighted by atomic mass is 79.9. The monoisotopic (exact) mass is 337 g/mol. The Balaban J connectivity index is 2.14. The Bertz CT molecular complexity index is 655. The number of nitrogens with one attached hydrogen (secondary N) is 1. The van der Waals surface area contributed by atoms with Crippen LogP contribution in [0.1, 0.15) is 42.0 Å².